The average molecular weight is 437 g/mol. The van der Waals surface area contributed by atoms with E-state index >= 15 is 0 Å². The van der Waals surface area contributed by atoms with Gasteiger partial charge in [-0.25, -0.2) is 4.79 Å². The molecule has 154 valence electrons. The van der Waals surface area contributed by atoms with Crippen LogP contribution in [0.25, 0.3) is 0 Å². The van der Waals surface area contributed by atoms with Crippen molar-refractivity contribution < 1.29 is 21.9 Å². The van der Waals surface area contributed by atoms with Gasteiger partial charge in [-0.15, -0.1) is 0 Å². The fourth-order valence-electron chi connectivity index (χ4n) is 2.53. The lowest BCUT2D eigenvalue weighted by Crippen LogP contribution is -2.60. The molecular weight excluding hydrogens is 397 g/mol. The van der Waals surface area contributed by atoms with Gasteiger partial charge in [0.15, 0.2) is 25.0 Å². The molecular formula is C17H40O5Si4. The van der Waals surface area contributed by atoms with Crippen molar-refractivity contribution in [3.05, 3.63) is 12.7 Å². The molecule has 0 bridgehead atoms. The highest BCUT2D eigenvalue weighted by Crippen LogP contribution is 2.30. The maximum atomic E-state index is 11.4. The third kappa shape index (κ3) is 13.2. The van der Waals surface area contributed by atoms with E-state index in [0.29, 0.717) is 0 Å². The van der Waals surface area contributed by atoms with E-state index in [4.69, 9.17) is 17.1 Å². The van der Waals surface area contributed by atoms with Crippen LogP contribution in [-0.4, -0.2) is 45.8 Å². The normalized spacial score (nSPS) is 14.8. The van der Waals surface area contributed by atoms with Crippen molar-refractivity contribution in [2.45, 2.75) is 90.8 Å². The summed E-state index contributed by atoms with van der Waals surface area (Å²) in [5, 5.41) is 0. The second-order valence-electron chi connectivity index (χ2n) is 9.67. The Balaban J connectivity index is 5.31. The van der Waals surface area contributed by atoms with E-state index in [1.807, 2.05) is 6.92 Å². The molecule has 0 aromatic rings. The minimum atomic E-state index is -2.79. The van der Waals surface area contributed by atoms with E-state index in [1.165, 1.54) is 6.08 Å². The van der Waals surface area contributed by atoms with Crippen LogP contribution in [0.3, 0.4) is 0 Å². The molecule has 5 nitrogen and oxygen atoms in total. The first-order chi connectivity index (χ1) is 11.5. The third-order valence-corrected chi connectivity index (χ3v) is 15.0. The average Bonchev–Trinajstić information content (AvgIpc) is 2.31. The first kappa shape index (κ1) is 26.0. The Bertz CT molecular complexity index is 422. The summed E-state index contributed by atoms with van der Waals surface area (Å²) in [6.45, 7) is 25.0. The number of rotatable bonds is 12. The number of carbonyl (C=O) groups excluding carboxylic acids is 1. The van der Waals surface area contributed by atoms with Gasteiger partial charge in [0.05, 0.1) is 6.10 Å². The van der Waals surface area contributed by atoms with Gasteiger partial charge in [-0.3, -0.25) is 0 Å². The molecule has 0 heterocycles. The molecule has 0 aromatic heterocycles. The van der Waals surface area contributed by atoms with Crippen LogP contribution in [0.4, 0.5) is 0 Å². The highest BCUT2D eigenvalue weighted by Gasteiger charge is 2.49. The Labute approximate surface area is 165 Å². The third-order valence-electron chi connectivity index (χ3n) is 2.96. The zero-order chi connectivity index (χ0) is 20.8. The maximum Gasteiger partial charge on any atom is 0.469 e. The minimum Gasteiger partial charge on any atom is -0.460 e. The number of hydrogen-bond donors (Lipinski definition) is 0. The van der Waals surface area contributed by atoms with Gasteiger partial charge in [0.2, 0.25) is 0 Å². The SMILES string of the molecule is C=CC(=O)OC(C)CCC[Si](O[Si](C)(C)C)(O[Si](C)(C)C)O[Si](C)(C)C. The van der Waals surface area contributed by atoms with Gasteiger partial charge in [-0.05, 0) is 78.7 Å². The van der Waals surface area contributed by atoms with Crippen molar-refractivity contribution >= 4 is 39.7 Å². The van der Waals surface area contributed by atoms with E-state index in [1.54, 1.807) is 0 Å². The summed E-state index contributed by atoms with van der Waals surface area (Å²) in [6, 6.07) is 0.766. The molecule has 0 spiro atoms. The maximum absolute atomic E-state index is 11.4. The van der Waals surface area contributed by atoms with Crippen LogP contribution in [0.2, 0.25) is 65.0 Å². The molecule has 0 amide bonds. The van der Waals surface area contributed by atoms with Gasteiger partial charge in [0, 0.05) is 12.1 Å². The minimum absolute atomic E-state index is 0.155. The molecule has 0 aliphatic carbocycles. The van der Waals surface area contributed by atoms with E-state index in [0.717, 1.165) is 18.9 Å². The number of ether oxygens (including phenoxy) is 1. The monoisotopic (exact) mass is 436 g/mol. The van der Waals surface area contributed by atoms with Crippen molar-refractivity contribution in [1.29, 1.82) is 0 Å². The van der Waals surface area contributed by atoms with Gasteiger partial charge < -0.3 is 17.1 Å². The second kappa shape index (κ2) is 9.94. The zero-order valence-electron chi connectivity index (χ0n) is 18.5. The Morgan fingerprint density at radius 2 is 1.27 bits per heavy atom. The quantitative estimate of drug-likeness (QED) is 0.233. The van der Waals surface area contributed by atoms with Crippen LogP contribution in [0.15, 0.2) is 12.7 Å². The number of hydrogen-bond acceptors (Lipinski definition) is 5. The molecule has 0 aliphatic rings. The molecule has 0 N–H and O–H groups in total. The van der Waals surface area contributed by atoms with Crippen molar-refractivity contribution in [3.63, 3.8) is 0 Å². The molecule has 26 heavy (non-hydrogen) atoms. The Morgan fingerprint density at radius 3 is 1.58 bits per heavy atom. The molecule has 1 atom stereocenters. The number of esters is 1. The molecule has 0 rings (SSSR count). The van der Waals surface area contributed by atoms with Crippen LogP contribution in [-0.2, 0) is 21.9 Å². The van der Waals surface area contributed by atoms with E-state index in [9.17, 15) is 4.79 Å². The van der Waals surface area contributed by atoms with Crippen LogP contribution in [0, 0.1) is 0 Å². The van der Waals surface area contributed by atoms with Crippen LogP contribution < -0.4 is 0 Å². The molecule has 0 saturated heterocycles. The lowest BCUT2D eigenvalue weighted by molar-refractivity contribution is -0.142. The van der Waals surface area contributed by atoms with Crippen molar-refractivity contribution in [3.8, 4) is 0 Å². The lowest BCUT2D eigenvalue weighted by atomic mass is 10.2. The Kier molecular flexibility index (Phi) is 9.93. The van der Waals surface area contributed by atoms with E-state index in [2.05, 4.69) is 65.5 Å². The topological polar surface area (TPSA) is 54.0 Å². The first-order valence-corrected chi connectivity index (χ1v) is 21.6. The molecule has 0 aliphatic heterocycles. The van der Waals surface area contributed by atoms with E-state index in [-0.39, 0.29) is 12.1 Å². The zero-order valence-corrected chi connectivity index (χ0v) is 22.5. The van der Waals surface area contributed by atoms with Crippen molar-refractivity contribution in [1.82, 2.24) is 0 Å². The van der Waals surface area contributed by atoms with Gasteiger partial charge in [-0.1, -0.05) is 6.58 Å². The fourth-order valence-corrected chi connectivity index (χ4v) is 17.2. The van der Waals surface area contributed by atoms with Gasteiger partial charge in [0.25, 0.3) is 0 Å². The summed E-state index contributed by atoms with van der Waals surface area (Å²) in [5.41, 5.74) is 0. The summed E-state index contributed by atoms with van der Waals surface area (Å²) < 4.78 is 25.2. The predicted octanol–water partition coefficient (Wildman–Crippen LogP) is 5.38. The molecule has 0 saturated carbocycles. The first-order valence-electron chi connectivity index (χ1n) is 9.40. The summed E-state index contributed by atoms with van der Waals surface area (Å²) >= 11 is 0. The van der Waals surface area contributed by atoms with Crippen LogP contribution in [0.5, 0.6) is 0 Å². The lowest BCUT2D eigenvalue weighted by Gasteiger charge is -2.43. The molecule has 0 aromatic carbocycles. The Hall–Kier alpha value is -0.0425. The standard InChI is InChI=1S/C17H40O5Si4/c1-12-17(18)19-16(2)14-13-15-26(20-23(3,4)5,21-24(6,7)8)22-25(9,10)11/h12,16H,1,13-15H2,2-11H3. The summed E-state index contributed by atoms with van der Waals surface area (Å²) in [5.74, 6) is -0.379. The highest BCUT2D eigenvalue weighted by atomic mass is 28.5. The van der Waals surface area contributed by atoms with Crippen LogP contribution in [0.1, 0.15) is 19.8 Å². The molecule has 0 fully saturated rings. The fraction of sp³-hybridized carbons (Fsp3) is 0.824. The van der Waals surface area contributed by atoms with E-state index < -0.39 is 33.8 Å². The Morgan fingerprint density at radius 1 is 0.885 bits per heavy atom. The summed E-state index contributed by atoms with van der Waals surface area (Å²) in [6.07, 6.45) is 2.65. The van der Waals surface area contributed by atoms with Crippen molar-refractivity contribution in [2.24, 2.45) is 0 Å². The van der Waals surface area contributed by atoms with Crippen LogP contribution >= 0.6 is 0 Å². The molecule has 1 unspecified atom stereocenters. The smallest absolute Gasteiger partial charge is 0.460 e. The predicted molar refractivity (Wildman–Crippen MR) is 119 cm³/mol. The number of carbonyl (C=O) groups is 1. The van der Waals surface area contributed by atoms with Gasteiger partial charge in [-0.2, -0.15) is 0 Å². The van der Waals surface area contributed by atoms with Gasteiger partial charge in [0.1, 0.15) is 0 Å². The summed E-state index contributed by atoms with van der Waals surface area (Å²) in [7, 11) is -8.32. The van der Waals surface area contributed by atoms with Crippen molar-refractivity contribution in [2.75, 3.05) is 0 Å². The largest absolute Gasteiger partial charge is 0.469 e. The van der Waals surface area contributed by atoms with Gasteiger partial charge >= 0.3 is 14.8 Å². The summed E-state index contributed by atoms with van der Waals surface area (Å²) in [4.78, 5) is 11.4. The molecule has 9 heteroatoms. The molecule has 0 radical (unpaired) electrons. The highest BCUT2D eigenvalue weighted by molar-refractivity contribution is 6.90. The second-order valence-corrected chi connectivity index (χ2v) is 26.7.